The summed E-state index contributed by atoms with van der Waals surface area (Å²) >= 11 is 0. The molecule has 0 aliphatic carbocycles. The highest BCUT2D eigenvalue weighted by Crippen LogP contribution is 2.22. The van der Waals surface area contributed by atoms with E-state index in [1.165, 1.54) is 12.1 Å². The number of nitrogens with one attached hydrogen (secondary N) is 2. The number of carbonyl (C=O) groups excluding carboxylic acids is 1. The molecule has 124 valence electrons. The summed E-state index contributed by atoms with van der Waals surface area (Å²) in [6, 6.07) is 15.6. The van der Waals surface area contributed by atoms with Crippen molar-refractivity contribution in [3.05, 3.63) is 71.5 Å². The number of carbonyl (C=O) groups is 1. The second-order valence-corrected chi connectivity index (χ2v) is 5.36. The maximum atomic E-state index is 13.1. The maximum Gasteiger partial charge on any atom is 0.224 e. The van der Waals surface area contributed by atoms with Crippen LogP contribution in [0.25, 0.3) is 0 Å². The molecule has 2 rings (SSSR count). The van der Waals surface area contributed by atoms with Crippen molar-refractivity contribution >= 4 is 18.3 Å². The molecule has 23 heavy (non-hydrogen) atoms. The molecule has 0 aromatic heterocycles. The Bertz CT molecular complexity index is 604. The van der Waals surface area contributed by atoms with E-state index in [-0.39, 0.29) is 36.1 Å². The average Bonchev–Trinajstić information content (AvgIpc) is 2.54. The molecule has 2 N–H and O–H groups in total. The van der Waals surface area contributed by atoms with Crippen LogP contribution >= 0.6 is 12.4 Å². The molecule has 0 saturated carbocycles. The van der Waals surface area contributed by atoms with Gasteiger partial charge in [-0.25, -0.2) is 4.39 Å². The van der Waals surface area contributed by atoms with E-state index in [4.69, 9.17) is 0 Å². The first-order chi connectivity index (χ1) is 10.6. The zero-order chi connectivity index (χ0) is 15.9. The zero-order valence-electron chi connectivity index (χ0n) is 13.3. The second kappa shape index (κ2) is 9.28. The molecule has 5 heteroatoms. The molecule has 3 nitrogen and oxygen atoms in total. The first-order valence-corrected chi connectivity index (χ1v) is 7.37. The molecule has 0 saturated heterocycles. The molecule has 0 spiro atoms. The summed E-state index contributed by atoms with van der Waals surface area (Å²) in [5.74, 6) is -0.463. The van der Waals surface area contributed by atoms with Crippen molar-refractivity contribution in [2.45, 2.75) is 13.0 Å². The van der Waals surface area contributed by atoms with Gasteiger partial charge in [0.25, 0.3) is 0 Å². The highest BCUT2D eigenvalue weighted by atomic mass is 35.5. The van der Waals surface area contributed by atoms with Crippen LogP contribution in [0.15, 0.2) is 54.6 Å². The molecule has 0 aliphatic rings. The topological polar surface area (TPSA) is 41.1 Å². The highest BCUT2D eigenvalue weighted by molar-refractivity contribution is 5.85. The monoisotopic (exact) mass is 336 g/mol. The summed E-state index contributed by atoms with van der Waals surface area (Å²) in [5, 5.41) is 6.05. The molecule has 0 bridgehead atoms. The van der Waals surface area contributed by atoms with Gasteiger partial charge in [-0.15, -0.1) is 12.4 Å². The standard InChI is InChI=1S/C18H21FN2O.ClH/c1-13(12-20-2)18(22)21-17(14-6-4-3-5-7-14)15-8-10-16(19)11-9-15;/h3-11,13,17,20H,12H2,1-2H3,(H,21,22);1H. The van der Waals surface area contributed by atoms with Crippen LogP contribution in [0, 0.1) is 11.7 Å². The van der Waals surface area contributed by atoms with Crippen molar-refractivity contribution in [2.75, 3.05) is 13.6 Å². The van der Waals surface area contributed by atoms with Gasteiger partial charge in [-0.1, -0.05) is 49.4 Å². The van der Waals surface area contributed by atoms with Crippen LogP contribution < -0.4 is 10.6 Å². The fourth-order valence-electron chi connectivity index (χ4n) is 2.34. The smallest absolute Gasteiger partial charge is 0.224 e. The molecule has 0 aliphatic heterocycles. The van der Waals surface area contributed by atoms with E-state index in [0.717, 1.165) is 11.1 Å². The van der Waals surface area contributed by atoms with Crippen LogP contribution in [0.1, 0.15) is 24.1 Å². The molecule has 2 unspecified atom stereocenters. The van der Waals surface area contributed by atoms with Gasteiger partial charge in [-0.2, -0.15) is 0 Å². The van der Waals surface area contributed by atoms with Gasteiger partial charge in [0.15, 0.2) is 0 Å². The van der Waals surface area contributed by atoms with Gasteiger partial charge in [-0.05, 0) is 30.3 Å². The van der Waals surface area contributed by atoms with Crippen molar-refractivity contribution in [3.63, 3.8) is 0 Å². The Morgan fingerprint density at radius 3 is 2.17 bits per heavy atom. The van der Waals surface area contributed by atoms with Crippen molar-refractivity contribution in [1.29, 1.82) is 0 Å². The maximum absolute atomic E-state index is 13.1. The first-order valence-electron chi connectivity index (χ1n) is 7.37. The van der Waals surface area contributed by atoms with Crippen LogP contribution in [0.4, 0.5) is 4.39 Å². The largest absolute Gasteiger partial charge is 0.345 e. The zero-order valence-corrected chi connectivity index (χ0v) is 14.1. The third kappa shape index (κ3) is 5.34. The lowest BCUT2D eigenvalue weighted by Gasteiger charge is -2.22. The van der Waals surface area contributed by atoms with Crippen molar-refractivity contribution in [3.8, 4) is 0 Å². The molecular weight excluding hydrogens is 315 g/mol. The van der Waals surface area contributed by atoms with Crippen LogP contribution in [0.5, 0.6) is 0 Å². The summed E-state index contributed by atoms with van der Waals surface area (Å²) in [5.41, 5.74) is 1.83. The summed E-state index contributed by atoms with van der Waals surface area (Å²) in [6.45, 7) is 2.48. The number of halogens is 2. The minimum absolute atomic E-state index is 0. The summed E-state index contributed by atoms with van der Waals surface area (Å²) < 4.78 is 13.1. The number of hydrogen-bond donors (Lipinski definition) is 2. The third-order valence-electron chi connectivity index (χ3n) is 3.58. The van der Waals surface area contributed by atoms with Crippen LogP contribution in [0.3, 0.4) is 0 Å². The molecule has 0 fully saturated rings. The van der Waals surface area contributed by atoms with E-state index in [1.807, 2.05) is 44.3 Å². The quantitative estimate of drug-likeness (QED) is 0.849. The lowest BCUT2D eigenvalue weighted by atomic mass is 9.97. The summed E-state index contributed by atoms with van der Waals surface area (Å²) in [7, 11) is 1.82. The Balaban J connectivity index is 0.00000264. The SMILES string of the molecule is CNCC(C)C(=O)NC(c1ccccc1)c1ccc(F)cc1.Cl. The fourth-order valence-corrected chi connectivity index (χ4v) is 2.34. The first kappa shape index (κ1) is 19.1. The summed E-state index contributed by atoms with van der Waals surface area (Å²) in [6.07, 6.45) is 0. The number of amides is 1. The Hall–Kier alpha value is -1.91. The second-order valence-electron chi connectivity index (χ2n) is 5.36. The normalized spacial score (nSPS) is 12.8. The van der Waals surface area contributed by atoms with Crippen LogP contribution in [0.2, 0.25) is 0 Å². The predicted molar refractivity (Wildman–Crippen MR) is 93.2 cm³/mol. The minimum Gasteiger partial charge on any atom is -0.345 e. The van der Waals surface area contributed by atoms with E-state index >= 15 is 0 Å². The van der Waals surface area contributed by atoms with Gasteiger partial charge in [0.2, 0.25) is 5.91 Å². The van der Waals surface area contributed by atoms with E-state index in [0.29, 0.717) is 6.54 Å². The van der Waals surface area contributed by atoms with Gasteiger partial charge in [0, 0.05) is 12.5 Å². The van der Waals surface area contributed by atoms with E-state index in [9.17, 15) is 9.18 Å². The van der Waals surface area contributed by atoms with Gasteiger partial charge in [0.05, 0.1) is 6.04 Å². The van der Waals surface area contributed by atoms with Crippen molar-refractivity contribution in [2.24, 2.45) is 5.92 Å². The fraction of sp³-hybridized carbons (Fsp3) is 0.278. The Morgan fingerprint density at radius 2 is 1.61 bits per heavy atom. The number of hydrogen-bond acceptors (Lipinski definition) is 2. The molecule has 2 aromatic carbocycles. The molecule has 0 radical (unpaired) electrons. The van der Waals surface area contributed by atoms with Crippen molar-refractivity contribution < 1.29 is 9.18 Å². The highest BCUT2D eigenvalue weighted by Gasteiger charge is 2.20. The Kier molecular flexibility index (Phi) is 7.72. The van der Waals surface area contributed by atoms with Crippen LogP contribution in [-0.2, 0) is 4.79 Å². The van der Waals surface area contributed by atoms with E-state index < -0.39 is 0 Å². The number of benzene rings is 2. The molecule has 0 heterocycles. The van der Waals surface area contributed by atoms with Crippen LogP contribution in [-0.4, -0.2) is 19.5 Å². The van der Waals surface area contributed by atoms with Gasteiger partial charge in [-0.3, -0.25) is 4.79 Å². The number of rotatable bonds is 6. The third-order valence-corrected chi connectivity index (χ3v) is 3.58. The lowest BCUT2D eigenvalue weighted by molar-refractivity contribution is -0.124. The van der Waals surface area contributed by atoms with E-state index in [1.54, 1.807) is 12.1 Å². The van der Waals surface area contributed by atoms with Gasteiger partial charge in [0.1, 0.15) is 5.82 Å². The Labute approximate surface area is 142 Å². The van der Waals surface area contributed by atoms with E-state index in [2.05, 4.69) is 10.6 Å². The lowest BCUT2D eigenvalue weighted by Crippen LogP contribution is -2.37. The molecule has 2 aromatic rings. The van der Waals surface area contributed by atoms with Gasteiger partial charge >= 0.3 is 0 Å². The predicted octanol–water partition coefficient (Wildman–Crippen LogP) is 3.31. The molecule has 1 amide bonds. The molecular formula is C18H22ClFN2O. The molecule has 2 atom stereocenters. The summed E-state index contributed by atoms with van der Waals surface area (Å²) in [4.78, 5) is 12.3. The Morgan fingerprint density at radius 1 is 1.04 bits per heavy atom. The van der Waals surface area contributed by atoms with Gasteiger partial charge < -0.3 is 10.6 Å². The minimum atomic E-state index is -0.287. The van der Waals surface area contributed by atoms with Crippen molar-refractivity contribution in [1.82, 2.24) is 10.6 Å². The average molecular weight is 337 g/mol.